The number of carbonyl (C=O) groups excluding carboxylic acids is 2. The number of rotatable bonds is 4. The van der Waals surface area contributed by atoms with Gasteiger partial charge in [0.15, 0.2) is 5.76 Å². The molecule has 66 valence electrons. The molecule has 0 unspecified atom stereocenters. The predicted octanol–water partition coefficient (Wildman–Crippen LogP) is -0.588. The van der Waals surface area contributed by atoms with Gasteiger partial charge in [-0.25, -0.2) is 0 Å². The molecule has 0 saturated carbocycles. The fourth-order valence-electron chi connectivity index (χ4n) is 0.535. The molecular weight excluding hydrogens is 160 g/mol. The Balaban J connectivity index is 4.68. The van der Waals surface area contributed by atoms with Crippen LogP contribution in [0.2, 0.25) is 0 Å². The highest BCUT2D eigenvalue weighted by molar-refractivity contribution is 6.08. The number of Topliss-reactive ketones (excluding diaryl/α,β-unsaturated/α-hetero) is 1. The number of ketones is 1. The Labute approximate surface area is 70.1 Å². The summed E-state index contributed by atoms with van der Waals surface area (Å²) < 4.78 is 4.51. The molecule has 4 nitrogen and oxygen atoms in total. The summed E-state index contributed by atoms with van der Waals surface area (Å²) >= 11 is 0. The Morgan fingerprint density at radius 1 is 1.50 bits per heavy atom. The van der Waals surface area contributed by atoms with Crippen molar-refractivity contribution < 1.29 is 19.4 Å². The highest BCUT2D eigenvalue weighted by atomic mass is 16.5. The fourth-order valence-corrected chi connectivity index (χ4v) is 0.535. The molecule has 0 radical (unpaired) electrons. The van der Waals surface area contributed by atoms with E-state index in [2.05, 4.69) is 11.3 Å². The molecule has 0 N–H and O–H groups in total. The number of carboxylic acid groups (broad SMARTS) is 1. The lowest BCUT2D eigenvalue weighted by Gasteiger charge is -2.04. The van der Waals surface area contributed by atoms with Gasteiger partial charge in [0.25, 0.3) is 0 Å². The van der Waals surface area contributed by atoms with Crippen molar-refractivity contribution in [1.82, 2.24) is 0 Å². The van der Waals surface area contributed by atoms with Crippen molar-refractivity contribution in [2.24, 2.45) is 0 Å². The molecule has 0 aromatic heterocycles. The maximum Gasteiger partial charge on any atom is 0.222 e. The molecule has 0 aliphatic rings. The first-order valence-corrected chi connectivity index (χ1v) is 3.16. The first-order chi connectivity index (χ1) is 5.49. The summed E-state index contributed by atoms with van der Waals surface area (Å²) in [4.78, 5) is 21.1. The minimum absolute atomic E-state index is 0.212. The van der Waals surface area contributed by atoms with E-state index in [-0.39, 0.29) is 11.3 Å². The highest BCUT2D eigenvalue weighted by Crippen LogP contribution is 2.03. The van der Waals surface area contributed by atoms with E-state index in [1.165, 1.54) is 14.0 Å². The van der Waals surface area contributed by atoms with Crippen molar-refractivity contribution in [3.8, 4) is 0 Å². The van der Waals surface area contributed by atoms with Crippen LogP contribution in [0.1, 0.15) is 6.92 Å². The third-order valence-electron chi connectivity index (χ3n) is 1.08. The molecule has 0 rings (SSSR count). The number of hydrogen-bond acceptors (Lipinski definition) is 4. The van der Waals surface area contributed by atoms with Crippen LogP contribution in [0.15, 0.2) is 24.0 Å². The average Bonchev–Trinajstić information content (AvgIpc) is 1.98. The molecule has 0 bridgehead atoms. The van der Waals surface area contributed by atoms with Gasteiger partial charge in [-0.3, -0.25) is 4.79 Å². The number of hydrogen-bond donors (Lipinski definition) is 0. The third kappa shape index (κ3) is 3.01. The van der Waals surface area contributed by atoms with Crippen molar-refractivity contribution in [3.63, 3.8) is 0 Å². The van der Waals surface area contributed by atoms with Crippen molar-refractivity contribution in [3.05, 3.63) is 24.0 Å². The lowest BCUT2D eigenvalue weighted by Crippen LogP contribution is -2.21. The first-order valence-electron chi connectivity index (χ1n) is 3.16. The molecule has 0 saturated heterocycles. The van der Waals surface area contributed by atoms with Gasteiger partial charge in [-0.1, -0.05) is 6.58 Å². The molecule has 0 spiro atoms. The van der Waals surface area contributed by atoms with E-state index < -0.39 is 11.8 Å². The lowest BCUT2D eigenvalue weighted by atomic mass is 10.2. The maximum atomic E-state index is 11.0. The molecule has 0 aromatic carbocycles. The van der Waals surface area contributed by atoms with Crippen LogP contribution < -0.4 is 5.11 Å². The summed E-state index contributed by atoms with van der Waals surface area (Å²) in [6.45, 7) is 4.81. The van der Waals surface area contributed by atoms with E-state index in [4.69, 9.17) is 0 Å². The third-order valence-corrected chi connectivity index (χ3v) is 1.08. The van der Waals surface area contributed by atoms with Crippen molar-refractivity contribution >= 4 is 11.8 Å². The topological polar surface area (TPSA) is 66.4 Å². The normalized spacial score (nSPS) is 10.7. The van der Waals surface area contributed by atoms with Crippen molar-refractivity contribution in [2.75, 3.05) is 7.11 Å². The lowest BCUT2D eigenvalue weighted by molar-refractivity contribution is -0.297. The summed E-state index contributed by atoms with van der Waals surface area (Å²) in [7, 11) is 1.20. The Hall–Kier alpha value is -1.58. The van der Waals surface area contributed by atoms with Crippen LogP contribution >= 0.6 is 0 Å². The van der Waals surface area contributed by atoms with Gasteiger partial charge in [-0.05, 0) is 12.5 Å². The Bertz CT molecular complexity index is 250. The first kappa shape index (κ1) is 10.4. The van der Waals surface area contributed by atoms with Crippen LogP contribution in [0.5, 0.6) is 0 Å². The minimum Gasteiger partial charge on any atom is -0.545 e. The Morgan fingerprint density at radius 2 is 2.00 bits per heavy atom. The van der Waals surface area contributed by atoms with Crippen LogP contribution in [0.4, 0.5) is 0 Å². The zero-order valence-electron chi connectivity index (χ0n) is 6.92. The van der Waals surface area contributed by atoms with Gasteiger partial charge in [0.2, 0.25) is 5.78 Å². The quantitative estimate of drug-likeness (QED) is 0.417. The second-order valence-electron chi connectivity index (χ2n) is 2.14. The van der Waals surface area contributed by atoms with Gasteiger partial charge in [0.1, 0.15) is 0 Å². The van der Waals surface area contributed by atoms with Crippen LogP contribution in [0.3, 0.4) is 0 Å². The molecule has 0 aliphatic heterocycles. The Morgan fingerprint density at radius 3 is 2.25 bits per heavy atom. The molecule has 12 heavy (non-hydrogen) atoms. The van der Waals surface area contributed by atoms with E-state index >= 15 is 0 Å². The molecule has 4 heteroatoms. The summed E-state index contributed by atoms with van der Waals surface area (Å²) in [5.74, 6) is -2.29. The zero-order chi connectivity index (χ0) is 9.72. The molecule has 0 atom stereocenters. The monoisotopic (exact) mass is 169 g/mol. The number of carbonyl (C=O) groups is 2. The molecule has 0 aliphatic carbocycles. The molecular formula is C8H9O4-. The van der Waals surface area contributed by atoms with E-state index in [0.717, 1.165) is 0 Å². The van der Waals surface area contributed by atoms with Gasteiger partial charge in [-0.2, -0.15) is 0 Å². The summed E-state index contributed by atoms with van der Waals surface area (Å²) in [6.07, 6.45) is 0.594. The second-order valence-corrected chi connectivity index (χ2v) is 2.14. The number of ether oxygens (including phenoxy) is 1. The Kier molecular flexibility index (Phi) is 3.76. The molecule has 0 aromatic rings. The van der Waals surface area contributed by atoms with E-state index in [0.29, 0.717) is 6.08 Å². The smallest absolute Gasteiger partial charge is 0.222 e. The predicted molar refractivity (Wildman–Crippen MR) is 39.9 cm³/mol. The van der Waals surface area contributed by atoms with Crippen LogP contribution in [0, 0.1) is 0 Å². The average molecular weight is 169 g/mol. The molecule has 0 heterocycles. The van der Waals surface area contributed by atoms with E-state index in [1.807, 2.05) is 0 Å². The molecule has 0 amide bonds. The van der Waals surface area contributed by atoms with E-state index in [1.54, 1.807) is 0 Å². The standard InChI is InChI=1S/C8H10O4/c1-5(2)8(11)6(12-3)4-7(9)10/h4H,1H2,2-3H3,(H,9,10)/p-1/b6-4-. The number of methoxy groups -OCH3 is 1. The van der Waals surface area contributed by atoms with Gasteiger partial charge in [0.05, 0.1) is 13.1 Å². The van der Waals surface area contributed by atoms with Crippen LogP contribution in [-0.2, 0) is 14.3 Å². The SMILES string of the molecule is C=C(C)C(=O)/C(=C/C(=O)[O-])OC. The van der Waals surface area contributed by atoms with Crippen LogP contribution in [0.25, 0.3) is 0 Å². The number of carboxylic acids is 1. The van der Waals surface area contributed by atoms with Gasteiger partial charge < -0.3 is 14.6 Å². The summed E-state index contributed by atoms with van der Waals surface area (Å²) in [5.41, 5.74) is 0.212. The van der Waals surface area contributed by atoms with E-state index in [9.17, 15) is 14.7 Å². The second kappa shape index (κ2) is 4.33. The van der Waals surface area contributed by atoms with Gasteiger partial charge >= 0.3 is 0 Å². The van der Waals surface area contributed by atoms with Crippen molar-refractivity contribution in [1.29, 1.82) is 0 Å². The fraction of sp³-hybridized carbons (Fsp3) is 0.250. The largest absolute Gasteiger partial charge is 0.545 e. The summed E-state index contributed by atoms with van der Waals surface area (Å²) in [5, 5.41) is 10.0. The zero-order valence-corrected chi connectivity index (χ0v) is 6.92. The maximum absolute atomic E-state index is 11.0. The number of aliphatic carboxylic acids is 1. The highest BCUT2D eigenvalue weighted by Gasteiger charge is 2.09. The van der Waals surface area contributed by atoms with Gasteiger partial charge in [-0.15, -0.1) is 0 Å². The van der Waals surface area contributed by atoms with Gasteiger partial charge in [0, 0.05) is 6.08 Å². The number of allylic oxidation sites excluding steroid dienone is 1. The molecule has 0 fully saturated rings. The minimum atomic E-state index is -1.47. The van der Waals surface area contributed by atoms with Crippen molar-refractivity contribution in [2.45, 2.75) is 6.92 Å². The van der Waals surface area contributed by atoms with Crippen LogP contribution in [-0.4, -0.2) is 18.9 Å². The summed E-state index contributed by atoms with van der Waals surface area (Å²) in [6, 6.07) is 0.